The number of nitrogens with zero attached hydrogens (tertiary/aromatic N) is 1. The number of halogens is 1. The number of benzene rings is 1. The number of ether oxygens (including phenoxy) is 1. The fourth-order valence-corrected chi connectivity index (χ4v) is 2.19. The molecule has 0 radical (unpaired) electrons. The van der Waals surface area contributed by atoms with E-state index in [9.17, 15) is 0 Å². The minimum atomic E-state index is 0. The van der Waals surface area contributed by atoms with Crippen LogP contribution in [0.3, 0.4) is 0 Å². The van der Waals surface area contributed by atoms with Crippen LogP contribution in [0.15, 0.2) is 35.3 Å². The molecule has 0 heterocycles. The smallest absolute Gasteiger partial charge is 0.191 e. The molecule has 0 aromatic heterocycles. The minimum Gasteiger partial charge on any atom is -0.377 e. The van der Waals surface area contributed by atoms with E-state index in [2.05, 4.69) is 40.9 Å². The second-order valence-electron chi connectivity index (χ2n) is 4.93. The molecule has 0 saturated carbocycles. The maximum absolute atomic E-state index is 5.67. The molecule has 0 bridgehead atoms. The maximum Gasteiger partial charge on any atom is 0.191 e. The monoisotopic (exact) mass is 451 g/mol. The Morgan fingerprint density at radius 1 is 1.17 bits per heavy atom. The van der Waals surface area contributed by atoms with E-state index < -0.39 is 0 Å². The largest absolute Gasteiger partial charge is 0.377 e. The summed E-state index contributed by atoms with van der Waals surface area (Å²) in [6.45, 7) is 6.26. The van der Waals surface area contributed by atoms with E-state index in [0.29, 0.717) is 6.61 Å². The molecule has 0 aliphatic carbocycles. The Balaban J connectivity index is 0.00000484. The highest BCUT2D eigenvalue weighted by Gasteiger charge is 1.96. The van der Waals surface area contributed by atoms with Gasteiger partial charge in [-0.15, -0.1) is 24.0 Å². The zero-order chi connectivity index (χ0) is 15.9. The van der Waals surface area contributed by atoms with Crippen molar-refractivity contribution in [1.29, 1.82) is 0 Å². The van der Waals surface area contributed by atoms with Crippen LogP contribution in [0.5, 0.6) is 0 Å². The Morgan fingerprint density at radius 2 is 1.96 bits per heavy atom. The van der Waals surface area contributed by atoms with Crippen molar-refractivity contribution in [2.24, 2.45) is 4.99 Å². The number of guanidine groups is 1. The van der Waals surface area contributed by atoms with Gasteiger partial charge in [-0.25, -0.2) is 0 Å². The van der Waals surface area contributed by atoms with Crippen LogP contribution < -0.4 is 10.6 Å². The minimum absolute atomic E-state index is 0. The van der Waals surface area contributed by atoms with Gasteiger partial charge in [-0.05, 0) is 31.6 Å². The fraction of sp³-hybridized carbons (Fsp3) is 0.588. The van der Waals surface area contributed by atoms with Crippen molar-refractivity contribution in [2.45, 2.75) is 26.4 Å². The molecule has 0 aliphatic heterocycles. The fourth-order valence-electron chi connectivity index (χ4n) is 1.88. The number of aliphatic imine (C=N–C) groups is 1. The first-order chi connectivity index (χ1) is 10.9. The van der Waals surface area contributed by atoms with Crippen molar-refractivity contribution in [1.82, 2.24) is 10.6 Å². The summed E-state index contributed by atoms with van der Waals surface area (Å²) < 4.78 is 5.67. The van der Waals surface area contributed by atoms with Crippen molar-refractivity contribution in [2.75, 3.05) is 38.2 Å². The third-order valence-electron chi connectivity index (χ3n) is 3.02. The number of nitrogens with one attached hydrogen (secondary N) is 2. The van der Waals surface area contributed by atoms with Gasteiger partial charge in [-0.3, -0.25) is 4.99 Å². The maximum atomic E-state index is 5.67. The molecule has 0 unspecified atom stereocenters. The van der Waals surface area contributed by atoms with Crippen LogP contribution in [0.25, 0.3) is 0 Å². The van der Waals surface area contributed by atoms with Crippen LogP contribution in [-0.2, 0) is 11.3 Å². The Bertz CT molecular complexity index is 404. The second kappa shape index (κ2) is 16.4. The average Bonchev–Trinajstić information content (AvgIpc) is 2.55. The average molecular weight is 451 g/mol. The first-order valence-electron chi connectivity index (χ1n) is 7.99. The van der Waals surface area contributed by atoms with E-state index in [-0.39, 0.29) is 24.0 Å². The molecule has 2 N–H and O–H groups in total. The predicted octanol–water partition coefficient (Wildman–Crippen LogP) is 3.52. The number of rotatable bonds is 11. The summed E-state index contributed by atoms with van der Waals surface area (Å²) in [5.74, 6) is 2.01. The second-order valence-corrected chi connectivity index (χ2v) is 5.91. The van der Waals surface area contributed by atoms with Gasteiger partial charge in [0.25, 0.3) is 0 Å². The standard InChI is InChI=1S/C17H29N3OS.HI/c1-3-18-17(20-12-14-22-2)19-11-7-8-13-21-15-16-9-5-4-6-10-16;/h4-6,9-10H,3,7-8,11-15H2,1-2H3,(H2,18,19,20);1H. The van der Waals surface area contributed by atoms with Crippen molar-refractivity contribution in [3.63, 3.8) is 0 Å². The molecule has 1 aromatic carbocycles. The number of hydrogen-bond acceptors (Lipinski definition) is 3. The normalized spacial score (nSPS) is 11.0. The van der Waals surface area contributed by atoms with Crippen molar-refractivity contribution in [3.05, 3.63) is 35.9 Å². The van der Waals surface area contributed by atoms with Gasteiger partial charge < -0.3 is 15.4 Å². The highest BCUT2D eigenvalue weighted by Crippen LogP contribution is 2.01. The van der Waals surface area contributed by atoms with E-state index in [1.54, 1.807) is 0 Å². The van der Waals surface area contributed by atoms with Crippen LogP contribution in [-0.4, -0.2) is 44.2 Å². The third-order valence-corrected chi connectivity index (χ3v) is 3.63. The number of unbranched alkanes of at least 4 members (excludes halogenated alkanes) is 1. The molecular weight excluding hydrogens is 421 g/mol. The summed E-state index contributed by atoms with van der Waals surface area (Å²) >= 11 is 1.84. The molecule has 6 heteroatoms. The Hall–Kier alpha value is -0.470. The molecule has 4 nitrogen and oxygen atoms in total. The third kappa shape index (κ3) is 12.6. The zero-order valence-electron chi connectivity index (χ0n) is 14.2. The van der Waals surface area contributed by atoms with Gasteiger partial charge in [0.05, 0.1) is 6.61 Å². The SMILES string of the molecule is CCNC(=NCCCCOCc1ccccc1)NCCSC.I. The predicted molar refractivity (Wildman–Crippen MR) is 113 cm³/mol. The van der Waals surface area contributed by atoms with Crippen molar-refractivity contribution >= 4 is 41.7 Å². The molecular formula is C17H30IN3OS. The van der Waals surface area contributed by atoms with E-state index in [1.807, 2.05) is 30.0 Å². The van der Waals surface area contributed by atoms with Crippen LogP contribution in [0, 0.1) is 0 Å². The lowest BCUT2D eigenvalue weighted by molar-refractivity contribution is 0.117. The van der Waals surface area contributed by atoms with Gasteiger partial charge in [-0.1, -0.05) is 30.3 Å². The summed E-state index contributed by atoms with van der Waals surface area (Å²) in [5.41, 5.74) is 1.23. The van der Waals surface area contributed by atoms with Crippen LogP contribution in [0.4, 0.5) is 0 Å². The van der Waals surface area contributed by atoms with Crippen molar-refractivity contribution in [3.8, 4) is 0 Å². The molecule has 0 spiro atoms. The quantitative estimate of drug-likeness (QED) is 0.234. The lowest BCUT2D eigenvalue weighted by Crippen LogP contribution is -2.38. The van der Waals surface area contributed by atoms with Gasteiger partial charge in [0.1, 0.15) is 0 Å². The van der Waals surface area contributed by atoms with Gasteiger partial charge >= 0.3 is 0 Å². The first-order valence-corrected chi connectivity index (χ1v) is 9.39. The lowest BCUT2D eigenvalue weighted by Gasteiger charge is -2.10. The van der Waals surface area contributed by atoms with Crippen molar-refractivity contribution < 1.29 is 4.74 Å². The van der Waals surface area contributed by atoms with Gasteiger partial charge in [0.2, 0.25) is 0 Å². The highest BCUT2D eigenvalue weighted by atomic mass is 127. The van der Waals surface area contributed by atoms with Gasteiger partial charge in [0.15, 0.2) is 5.96 Å². The van der Waals surface area contributed by atoms with Crippen LogP contribution >= 0.6 is 35.7 Å². The van der Waals surface area contributed by atoms with Gasteiger partial charge in [-0.2, -0.15) is 11.8 Å². The molecule has 0 atom stereocenters. The molecule has 0 saturated heterocycles. The lowest BCUT2D eigenvalue weighted by atomic mass is 10.2. The molecule has 0 fully saturated rings. The zero-order valence-corrected chi connectivity index (χ0v) is 17.4. The molecule has 23 heavy (non-hydrogen) atoms. The Labute approximate surface area is 162 Å². The first kappa shape index (κ1) is 22.5. The summed E-state index contributed by atoms with van der Waals surface area (Å²) in [5, 5.41) is 6.60. The van der Waals surface area contributed by atoms with Gasteiger partial charge in [0, 0.05) is 32.0 Å². The topological polar surface area (TPSA) is 45.7 Å². The Kier molecular flexibility index (Phi) is 16.1. The Morgan fingerprint density at radius 3 is 2.65 bits per heavy atom. The number of thioether (sulfide) groups is 1. The molecule has 132 valence electrons. The summed E-state index contributed by atoms with van der Waals surface area (Å²) in [4.78, 5) is 4.57. The number of hydrogen-bond donors (Lipinski definition) is 2. The van der Waals surface area contributed by atoms with E-state index in [4.69, 9.17) is 4.74 Å². The molecule has 1 rings (SSSR count). The summed E-state index contributed by atoms with van der Waals surface area (Å²) in [6, 6.07) is 10.3. The van der Waals surface area contributed by atoms with Crippen LogP contribution in [0.1, 0.15) is 25.3 Å². The summed E-state index contributed by atoms with van der Waals surface area (Å²) in [7, 11) is 0. The van der Waals surface area contributed by atoms with E-state index in [1.165, 1.54) is 5.56 Å². The highest BCUT2D eigenvalue weighted by molar-refractivity contribution is 14.0. The molecule has 0 aliphatic rings. The molecule has 0 amide bonds. The molecule has 1 aromatic rings. The van der Waals surface area contributed by atoms with E-state index in [0.717, 1.165) is 50.8 Å². The van der Waals surface area contributed by atoms with Crippen LogP contribution in [0.2, 0.25) is 0 Å². The summed E-state index contributed by atoms with van der Waals surface area (Å²) in [6.07, 6.45) is 4.20. The van der Waals surface area contributed by atoms with E-state index >= 15 is 0 Å².